The number of ketones is 2. The van der Waals surface area contributed by atoms with Crippen molar-refractivity contribution >= 4 is 59.3 Å². The highest BCUT2D eigenvalue weighted by atomic mass is 79.9. The van der Waals surface area contributed by atoms with Crippen LogP contribution in [0.4, 0.5) is 10.5 Å². The first-order valence-electron chi connectivity index (χ1n) is 15.0. The fourth-order valence-electron chi connectivity index (χ4n) is 5.58. The number of fused-ring (bicyclic) bond motifs is 2. The maximum atomic E-state index is 12.8. The molecule has 0 fully saturated rings. The summed E-state index contributed by atoms with van der Waals surface area (Å²) in [5, 5.41) is 7.75. The first kappa shape index (κ1) is 35.5. The van der Waals surface area contributed by atoms with E-state index >= 15 is 0 Å². The predicted octanol–water partition coefficient (Wildman–Crippen LogP) is 6.58. The summed E-state index contributed by atoms with van der Waals surface area (Å²) in [4.78, 5) is 36.3. The Labute approximate surface area is 278 Å². The maximum absolute atomic E-state index is 12.8. The number of carbonyl (C=O) groups excluding carboxylic acids is 3. The normalized spacial score (nSPS) is 14.7. The molecule has 0 atom stereocenters. The second kappa shape index (κ2) is 14.2. The van der Waals surface area contributed by atoms with Crippen LogP contribution < -0.4 is 15.2 Å². The number of amides is 2. The van der Waals surface area contributed by atoms with Crippen molar-refractivity contribution in [2.24, 2.45) is 5.14 Å². The van der Waals surface area contributed by atoms with Gasteiger partial charge in [-0.15, -0.1) is 0 Å². The number of hydrogen-bond donors (Lipinski definition) is 3. The number of halogens is 1. The Morgan fingerprint density at radius 1 is 0.739 bits per heavy atom. The highest BCUT2D eigenvalue weighted by Crippen LogP contribution is 2.35. The first-order chi connectivity index (χ1) is 21.5. The van der Waals surface area contributed by atoms with Crippen LogP contribution in [0.25, 0.3) is 0 Å². The fraction of sp³-hybridized carbons (Fsp3) is 0.364. The molecular weight excluding hydrogens is 694 g/mol. The van der Waals surface area contributed by atoms with Crippen molar-refractivity contribution in [3.8, 4) is 0 Å². The number of primary sulfonamides is 1. The van der Waals surface area contributed by atoms with E-state index < -0.39 is 26.1 Å². The summed E-state index contributed by atoms with van der Waals surface area (Å²) < 4.78 is 50.8. The van der Waals surface area contributed by atoms with Crippen LogP contribution in [0.15, 0.2) is 62.8 Å². The lowest BCUT2D eigenvalue weighted by Gasteiger charge is -2.21. The highest BCUT2D eigenvalue weighted by Gasteiger charge is 2.25. The smallest absolute Gasteiger partial charge is 0.307 e. The molecule has 0 heterocycles. The van der Waals surface area contributed by atoms with E-state index in [1.807, 2.05) is 39.8 Å². The van der Waals surface area contributed by atoms with Crippen molar-refractivity contribution in [1.82, 2.24) is 4.72 Å². The molecule has 2 aliphatic carbocycles. The predicted molar refractivity (Wildman–Crippen MR) is 180 cm³/mol. The van der Waals surface area contributed by atoms with Crippen molar-refractivity contribution in [3.63, 3.8) is 0 Å². The summed E-state index contributed by atoms with van der Waals surface area (Å²) in [5.74, 6) is 0.171. The number of carbonyl (C=O) groups is 3. The standard InChI is InChI=1S/C23H27BrN2O4S.C10H11NO3S/c1-13(2)18-10-16(24)11-19(14(3)4)22(18)25-23(28)26-31(29,30)17-9-8-15-6-5-7-21(27)20(15)12-17;11-15(13,14)8-5-4-7-2-1-3-10(12)9(7)6-8/h8-14H,5-7H2,1-4H3,(H2,25,26,28);4-6H,1-3H2,(H2,11,13,14). The molecular formula is C33H38BrN3O7S2. The van der Waals surface area contributed by atoms with Gasteiger partial charge in [-0.2, -0.15) is 0 Å². The fourth-order valence-corrected chi connectivity index (χ4v) is 7.55. The number of nitrogens with two attached hydrogens (primary N) is 1. The largest absolute Gasteiger partial charge is 0.333 e. The molecule has 0 bridgehead atoms. The molecule has 3 aromatic carbocycles. The van der Waals surface area contributed by atoms with E-state index in [0.29, 0.717) is 29.7 Å². The molecule has 4 N–H and O–H groups in total. The molecule has 5 rings (SSSR count). The number of aryl methyl sites for hydroxylation is 2. The summed E-state index contributed by atoms with van der Waals surface area (Å²) >= 11 is 3.51. The van der Waals surface area contributed by atoms with Gasteiger partial charge in [0.05, 0.1) is 9.79 Å². The lowest BCUT2D eigenvalue weighted by atomic mass is 9.91. The Balaban J connectivity index is 0.000000266. The molecule has 46 heavy (non-hydrogen) atoms. The van der Waals surface area contributed by atoms with E-state index in [9.17, 15) is 31.2 Å². The number of Topliss-reactive ketones (excluding diaryl/α,β-unsaturated/α-hetero) is 2. The number of rotatable bonds is 6. The van der Waals surface area contributed by atoms with Crippen LogP contribution in [0.3, 0.4) is 0 Å². The van der Waals surface area contributed by atoms with Crippen LogP contribution in [0.1, 0.15) is 108 Å². The zero-order chi connectivity index (χ0) is 34.0. The number of urea groups is 1. The van der Waals surface area contributed by atoms with Crippen molar-refractivity contribution in [3.05, 3.63) is 86.4 Å². The van der Waals surface area contributed by atoms with Gasteiger partial charge in [0.1, 0.15) is 0 Å². The van der Waals surface area contributed by atoms with Crippen molar-refractivity contribution in [2.75, 3.05) is 5.32 Å². The topological polar surface area (TPSA) is 170 Å². The van der Waals surface area contributed by atoms with E-state index in [2.05, 4.69) is 26.0 Å². The third-order valence-corrected chi connectivity index (χ3v) is 10.7. The molecule has 0 saturated carbocycles. The summed E-state index contributed by atoms with van der Waals surface area (Å²) in [5.41, 5.74) is 5.12. The molecule has 13 heteroatoms. The molecule has 0 radical (unpaired) electrons. The number of hydrogen-bond acceptors (Lipinski definition) is 7. The maximum Gasteiger partial charge on any atom is 0.333 e. The van der Waals surface area contributed by atoms with Gasteiger partial charge in [-0.05, 0) is 96.2 Å². The average Bonchev–Trinajstić information content (AvgIpc) is 2.97. The van der Waals surface area contributed by atoms with Gasteiger partial charge >= 0.3 is 6.03 Å². The van der Waals surface area contributed by atoms with Crippen LogP contribution in [-0.2, 0) is 32.9 Å². The van der Waals surface area contributed by atoms with Gasteiger partial charge in [-0.25, -0.2) is 31.5 Å². The summed E-state index contributed by atoms with van der Waals surface area (Å²) in [7, 11) is -7.85. The van der Waals surface area contributed by atoms with Gasteiger partial charge in [-0.3, -0.25) is 9.59 Å². The number of nitrogens with one attached hydrogen (secondary N) is 2. The number of sulfonamides is 2. The third kappa shape index (κ3) is 8.30. The molecule has 0 spiro atoms. The molecule has 3 aromatic rings. The lowest BCUT2D eigenvalue weighted by Crippen LogP contribution is -2.35. The quantitative estimate of drug-likeness (QED) is 0.257. The number of anilines is 1. The van der Waals surface area contributed by atoms with Crippen molar-refractivity contribution in [1.29, 1.82) is 0 Å². The van der Waals surface area contributed by atoms with Gasteiger partial charge in [0.15, 0.2) is 11.6 Å². The van der Waals surface area contributed by atoms with Gasteiger partial charge in [0, 0.05) is 34.1 Å². The second-order valence-corrected chi connectivity index (χ2v) is 16.2. The average molecular weight is 733 g/mol. The monoisotopic (exact) mass is 731 g/mol. The van der Waals surface area contributed by atoms with E-state index in [1.165, 1.54) is 24.3 Å². The zero-order valence-corrected chi connectivity index (χ0v) is 29.4. The highest BCUT2D eigenvalue weighted by molar-refractivity contribution is 9.10. The van der Waals surface area contributed by atoms with Crippen LogP contribution in [-0.4, -0.2) is 34.4 Å². The Morgan fingerprint density at radius 3 is 1.65 bits per heavy atom. The van der Waals surface area contributed by atoms with Crippen LogP contribution in [0.2, 0.25) is 0 Å². The molecule has 2 aliphatic rings. The van der Waals surface area contributed by atoms with Gasteiger partial charge in [0.25, 0.3) is 10.0 Å². The van der Waals surface area contributed by atoms with E-state index in [0.717, 1.165) is 52.4 Å². The minimum Gasteiger partial charge on any atom is -0.307 e. The molecule has 0 aliphatic heterocycles. The van der Waals surface area contributed by atoms with Crippen LogP contribution >= 0.6 is 15.9 Å². The van der Waals surface area contributed by atoms with E-state index in [-0.39, 0.29) is 33.2 Å². The van der Waals surface area contributed by atoms with Crippen LogP contribution in [0, 0.1) is 0 Å². The minimum absolute atomic E-state index is 0.00162. The Hall–Kier alpha value is -3.39. The van der Waals surface area contributed by atoms with Gasteiger partial charge in [-0.1, -0.05) is 55.8 Å². The molecule has 0 aromatic heterocycles. The molecule has 2 amide bonds. The lowest BCUT2D eigenvalue weighted by molar-refractivity contribution is 0.0964. The molecule has 10 nitrogen and oxygen atoms in total. The van der Waals surface area contributed by atoms with Gasteiger partial charge < -0.3 is 5.32 Å². The Morgan fingerprint density at radius 2 is 1.20 bits per heavy atom. The second-order valence-electron chi connectivity index (χ2n) is 12.1. The van der Waals surface area contributed by atoms with Crippen molar-refractivity contribution in [2.45, 2.75) is 87.8 Å². The summed E-state index contributed by atoms with van der Waals surface area (Å²) in [6.45, 7) is 8.04. The first-order valence-corrected chi connectivity index (χ1v) is 18.8. The molecule has 0 saturated heterocycles. The number of benzene rings is 3. The van der Waals surface area contributed by atoms with Crippen LogP contribution in [0.5, 0.6) is 0 Å². The van der Waals surface area contributed by atoms with E-state index in [4.69, 9.17) is 5.14 Å². The SMILES string of the molecule is CC(C)c1cc(Br)cc(C(C)C)c1NC(=O)NS(=O)(=O)c1ccc2c(c1)C(=O)CCC2.NS(=O)(=O)c1ccc2c(c1)C(=O)CCC2. The third-order valence-electron chi connectivity index (χ3n) is 7.98. The zero-order valence-electron chi connectivity index (χ0n) is 26.1. The molecule has 246 valence electrons. The summed E-state index contributed by atoms with van der Waals surface area (Å²) in [6, 6.07) is 12.0. The minimum atomic E-state index is -4.13. The van der Waals surface area contributed by atoms with E-state index in [1.54, 1.807) is 12.1 Å². The van der Waals surface area contributed by atoms with Crippen molar-refractivity contribution < 1.29 is 31.2 Å². The molecule has 0 unspecified atom stereocenters. The Bertz CT molecular complexity index is 1890. The summed E-state index contributed by atoms with van der Waals surface area (Å²) in [6.07, 6.45) is 4.06. The van der Waals surface area contributed by atoms with Gasteiger partial charge in [0.2, 0.25) is 10.0 Å². The Kier molecular flexibility index (Phi) is 10.9.